The Morgan fingerprint density at radius 2 is 2.17 bits per heavy atom. The molecule has 126 valence electrons. The minimum absolute atomic E-state index is 0.0474. The first-order valence-corrected chi connectivity index (χ1v) is 8.05. The molecule has 2 aromatic rings. The van der Waals surface area contributed by atoms with Gasteiger partial charge in [-0.15, -0.1) is 0 Å². The van der Waals surface area contributed by atoms with Gasteiger partial charge in [-0.3, -0.25) is 4.79 Å². The topological polar surface area (TPSA) is 80.2 Å². The van der Waals surface area contributed by atoms with Gasteiger partial charge in [-0.2, -0.15) is 0 Å². The summed E-state index contributed by atoms with van der Waals surface area (Å²) in [4.78, 5) is 27.2. The summed E-state index contributed by atoms with van der Waals surface area (Å²) < 4.78 is 5.03. The van der Waals surface area contributed by atoms with Gasteiger partial charge < -0.3 is 15.0 Å². The van der Waals surface area contributed by atoms with Gasteiger partial charge in [-0.1, -0.05) is 6.07 Å². The van der Waals surface area contributed by atoms with Crippen molar-refractivity contribution in [3.05, 3.63) is 42.4 Å². The number of ether oxygens (including phenoxy) is 1. The molecule has 0 saturated carbocycles. The van der Waals surface area contributed by atoms with Crippen molar-refractivity contribution in [3.8, 4) is 5.88 Å². The molecule has 24 heavy (non-hydrogen) atoms. The van der Waals surface area contributed by atoms with Gasteiger partial charge in [0.05, 0.1) is 13.0 Å². The molecule has 0 radical (unpaired) electrons. The van der Waals surface area contributed by atoms with Crippen molar-refractivity contribution in [2.24, 2.45) is 5.92 Å². The first kappa shape index (κ1) is 16.2. The average molecular weight is 327 g/mol. The maximum absolute atomic E-state index is 12.4. The van der Waals surface area contributed by atoms with E-state index in [0.29, 0.717) is 24.9 Å². The Bertz CT molecular complexity index is 662. The van der Waals surface area contributed by atoms with Gasteiger partial charge in [0.1, 0.15) is 0 Å². The number of piperidine rings is 1. The predicted molar refractivity (Wildman–Crippen MR) is 89.6 cm³/mol. The largest absolute Gasteiger partial charge is 0.481 e. The van der Waals surface area contributed by atoms with Gasteiger partial charge in [0, 0.05) is 44.3 Å². The lowest BCUT2D eigenvalue weighted by atomic mass is 9.97. The maximum atomic E-state index is 12.4. The Labute approximate surface area is 141 Å². The molecule has 0 aromatic carbocycles. The number of aromatic nitrogens is 3. The van der Waals surface area contributed by atoms with E-state index in [4.69, 9.17) is 4.74 Å². The number of carbonyl (C=O) groups is 1. The number of nitrogens with zero attached hydrogens (tertiary/aromatic N) is 4. The van der Waals surface area contributed by atoms with Crippen LogP contribution in [0, 0.1) is 5.92 Å². The minimum atomic E-state index is -0.0474. The summed E-state index contributed by atoms with van der Waals surface area (Å²) in [6, 6.07) is 5.48. The van der Waals surface area contributed by atoms with Gasteiger partial charge in [0.2, 0.25) is 17.7 Å². The highest BCUT2D eigenvalue weighted by atomic mass is 16.5. The molecule has 2 aromatic heterocycles. The van der Waals surface area contributed by atoms with Crippen molar-refractivity contribution < 1.29 is 9.53 Å². The smallest absolute Gasteiger partial charge is 0.225 e. The molecule has 0 aliphatic carbocycles. The summed E-state index contributed by atoms with van der Waals surface area (Å²) in [6.07, 6.45) is 7.01. The van der Waals surface area contributed by atoms with Crippen molar-refractivity contribution in [3.63, 3.8) is 0 Å². The molecule has 1 saturated heterocycles. The van der Waals surface area contributed by atoms with Crippen molar-refractivity contribution in [2.75, 3.05) is 25.1 Å². The Kier molecular flexibility index (Phi) is 5.20. The highest BCUT2D eigenvalue weighted by molar-refractivity contribution is 5.79. The summed E-state index contributed by atoms with van der Waals surface area (Å²) >= 11 is 0. The molecule has 7 heteroatoms. The van der Waals surface area contributed by atoms with E-state index in [-0.39, 0.29) is 11.8 Å². The maximum Gasteiger partial charge on any atom is 0.225 e. The Morgan fingerprint density at radius 1 is 1.33 bits per heavy atom. The lowest BCUT2D eigenvalue weighted by molar-refractivity contribution is -0.125. The summed E-state index contributed by atoms with van der Waals surface area (Å²) in [5.74, 6) is 1.27. The van der Waals surface area contributed by atoms with Gasteiger partial charge in [-0.05, 0) is 24.5 Å². The fourth-order valence-corrected chi connectivity index (χ4v) is 2.80. The summed E-state index contributed by atoms with van der Waals surface area (Å²) in [6.45, 7) is 2.00. The zero-order chi connectivity index (χ0) is 16.8. The van der Waals surface area contributed by atoms with E-state index < -0.39 is 0 Å². The van der Waals surface area contributed by atoms with Crippen LogP contribution in [0.5, 0.6) is 5.88 Å². The standard InChI is InChI=1S/C17H21N5O2/c1-24-15-6-5-13(10-20-15)11-21-16(23)14-4-2-9-22(12-14)17-18-7-3-8-19-17/h3,5-8,10,14H,2,4,9,11-12H2,1H3,(H,21,23). The lowest BCUT2D eigenvalue weighted by Gasteiger charge is -2.31. The third-order valence-corrected chi connectivity index (χ3v) is 4.10. The number of nitrogens with one attached hydrogen (secondary N) is 1. The van der Waals surface area contributed by atoms with Crippen LogP contribution in [0.3, 0.4) is 0 Å². The van der Waals surface area contributed by atoms with Crippen LogP contribution in [0.15, 0.2) is 36.8 Å². The van der Waals surface area contributed by atoms with Crippen LogP contribution in [-0.2, 0) is 11.3 Å². The van der Waals surface area contributed by atoms with E-state index in [0.717, 1.165) is 24.9 Å². The molecule has 1 atom stereocenters. The molecule has 1 aliphatic heterocycles. The van der Waals surface area contributed by atoms with E-state index in [9.17, 15) is 4.79 Å². The Hall–Kier alpha value is -2.70. The summed E-state index contributed by atoms with van der Waals surface area (Å²) in [5, 5.41) is 2.99. The average Bonchev–Trinajstić information content (AvgIpc) is 2.67. The second kappa shape index (κ2) is 7.72. The van der Waals surface area contributed by atoms with Crippen molar-refractivity contribution in [1.29, 1.82) is 0 Å². The monoisotopic (exact) mass is 327 g/mol. The van der Waals surface area contributed by atoms with E-state index in [2.05, 4.69) is 25.2 Å². The highest BCUT2D eigenvalue weighted by Crippen LogP contribution is 2.20. The third kappa shape index (κ3) is 3.98. The van der Waals surface area contributed by atoms with Crippen LogP contribution in [0.25, 0.3) is 0 Å². The predicted octanol–water partition coefficient (Wildman–Crippen LogP) is 1.41. The number of carbonyl (C=O) groups excluding carboxylic acids is 1. The normalized spacial score (nSPS) is 17.4. The fourth-order valence-electron chi connectivity index (χ4n) is 2.80. The molecule has 7 nitrogen and oxygen atoms in total. The number of hydrogen-bond donors (Lipinski definition) is 1. The fraction of sp³-hybridized carbons (Fsp3) is 0.412. The zero-order valence-electron chi connectivity index (χ0n) is 13.7. The molecule has 1 unspecified atom stereocenters. The van der Waals surface area contributed by atoms with Crippen LogP contribution in [0.4, 0.5) is 5.95 Å². The number of pyridine rings is 1. The number of anilines is 1. The van der Waals surface area contributed by atoms with Gasteiger partial charge in [0.15, 0.2) is 0 Å². The molecule has 1 fully saturated rings. The molecule has 3 heterocycles. The second-order valence-electron chi connectivity index (χ2n) is 5.76. The highest BCUT2D eigenvalue weighted by Gasteiger charge is 2.26. The van der Waals surface area contributed by atoms with Crippen molar-refractivity contribution >= 4 is 11.9 Å². The summed E-state index contributed by atoms with van der Waals surface area (Å²) in [7, 11) is 1.58. The van der Waals surface area contributed by atoms with Crippen molar-refractivity contribution in [2.45, 2.75) is 19.4 Å². The molecule has 0 bridgehead atoms. The quantitative estimate of drug-likeness (QED) is 0.894. The summed E-state index contributed by atoms with van der Waals surface area (Å²) in [5.41, 5.74) is 0.947. The SMILES string of the molecule is COc1ccc(CNC(=O)C2CCCN(c3ncccn3)C2)cn1. The zero-order valence-corrected chi connectivity index (χ0v) is 13.7. The third-order valence-electron chi connectivity index (χ3n) is 4.10. The lowest BCUT2D eigenvalue weighted by Crippen LogP contribution is -2.43. The van der Waals surface area contributed by atoms with E-state index in [1.54, 1.807) is 37.8 Å². The number of hydrogen-bond acceptors (Lipinski definition) is 6. The molecular weight excluding hydrogens is 306 g/mol. The van der Waals surface area contributed by atoms with Gasteiger partial charge in [0.25, 0.3) is 0 Å². The van der Waals surface area contributed by atoms with Crippen LogP contribution in [-0.4, -0.2) is 41.1 Å². The first-order valence-electron chi connectivity index (χ1n) is 8.05. The van der Waals surface area contributed by atoms with Crippen LogP contribution in [0.2, 0.25) is 0 Å². The van der Waals surface area contributed by atoms with Gasteiger partial charge in [-0.25, -0.2) is 15.0 Å². The molecule has 1 aliphatic rings. The minimum Gasteiger partial charge on any atom is -0.481 e. The van der Waals surface area contributed by atoms with Crippen LogP contribution < -0.4 is 15.0 Å². The van der Waals surface area contributed by atoms with E-state index in [1.807, 2.05) is 6.07 Å². The molecule has 0 spiro atoms. The Morgan fingerprint density at radius 3 is 2.88 bits per heavy atom. The molecule has 1 amide bonds. The number of amides is 1. The number of rotatable bonds is 5. The molecular formula is C17H21N5O2. The second-order valence-corrected chi connectivity index (χ2v) is 5.76. The first-order chi connectivity index (χ1) is 11.8. The Balaban J connectivity index is 1.54. The van der Waals surface area contributed by atoms with Gasteiger partial charge >= 0.3 is 0 Å². The van der Waals surface area contributed by atoms with Crippen LogP contribution in [0.1, 0.15) is 18.4 Å². The van der Waals surface area contributed by atoms with Crippen molar-refractivity contribution in [1.82, 2.24) is 20.3 Å². The van der Waals surface area contributed by atoms with E-state index >= 15 is 0 Å². The van der Waals surface area contributed by atoms with E-state index in [1.165, 1.54) is 0 Å². The van der Waals surface area contributed by atoms with Crippen LogP contribution >= 0.6 is 0 Å². The molecule has 1 N–H and O–H groups in total. The number of methoxy groups -OCH3 is 1. The molecule has 3 rings (SSSR count).